The van der Waals surface area contributed by atoms with Gasteiger partial charge >= 0.3 is 5.97 Å². The van der Waals surface area contributed by atoms with Crippen LogP contribution in [-0.2, 0) is 9.53 Å². The number of hydrogen-bond donors (Lipinski definition) is 0. The Morgan fingerprint density at radius 3 is 1.89 bits per heavy atom. The number of hydrogen-bond acceptors (Lipinski definition) is 2. The lowest BCUT2D eigenvalue weighted by Gasteiger charge is -2.55. The first kappa shape index (κ1) is 16.8. The minimum absolute atomic E-state index is 0.00707. The van der Waals surface area contributed by atoms with Gasteiger partial charge in [-0.15, -0.1) is 0 Å². The fourth-order valence-electron chi connectivity index (χ4n) is 6.04. The number of carbonyl (C=O) groups excluding carboxylic acids is 1. The topological polar surface area (TPSA) is 26.3 Å². The Morgan fingerprint density at radius 2 is 1.33 bits per heavy atom. The van der Waals surface area contributed by atoms with Crippen LogP contribution in [0.1, 0.15) is 49.7 Å². The summed E-state index contributed by atoms with van der Waals surface area (Å²) in [7, 11) is 0. The minimum atomic E-state index is -0.237. The van der Waals surface area contributed by atoms with Crippen LogP contribution in [-0.4, -0.2) is 5.97 Å². The van der Waals surface area contributed by atoms with Gasteiger partial charge in [0.05, 0.1) is 5.41 Å². The fraction of sp³-hybridized carbons (Fsp3) is 0.400. The van der Waals surface area contributed by atoms with Crippen LogP contribution in [0.4, 0.5) is 0 Å². The third-order valence-corrected chi connectivity index (χ3v) is 6.83. The SMILES string of the molecule is O=C(O/C(=C\c1ccccc1)c1ccccc1)C12CC3CC(CC(C3)C1)C2. The second-order valence-electron chi connectivity index (χ2n) is 8.87. The van der Waals surface area contributed by atoms with E-state index in [1.807, 2.05) is 66.7 Å². The molecule has 0 spiro atoms. The van der Waals surface area contributed by atoms with Crippen molar-refractivity contribution in [2.24, 2.45) is 23.2 Å². The highest BCUT2D eigenvalue weighted by Gasteiger charge is 2.55. The summed E-state index contributed by atoms with van der Waals surface area (Å²) in [5.74, 6) is 2.89. The molecule has 4 aliphatic rings. The van der Waals surface area contributed by atoms with Gasteiger partial charge in [-0.25, -0.2) is 0 Å². The van der Waals surface area contributed by atoms with Gasteiger partial charge in [-0.3, -0.25) is 4.79 Å². The Hall–Kier alpha value is -2.35. The van der Waals surface area contributed by atoms with Gasteiger partial charge in [0, 0.05) is 5.56 Å². The van der Waals surface area contributed by atoms with E-state index in [0.29, 0.717) is 5.76 Å². The van der Waals surface area contributed by atoms with E-state index in [4.69, 9.17) is 4.74 Å². The normalized spacial score (nSPS) is 31.7. The quantitative estimate of drug-likeness (QED) is 0.384. The van der Waals surface area contributed by atoms with E-state index in [-0.39, 0.29) is 11.4 Å². The summed E-state index contributed by atoms with van der Waals surface area (Å²) in [6, 6.07) is 20.1. The van der Waals surface area contributed by atoms with Crippen LogP contribution in [0, 0.1) is 23.2 Å². The van der Waals surface area contributed by atoms with Gasteiger partial charge in [0.25, 0.3) is 0 Å². The van der Waals surface area contributed by atoms with Crippen LogP contribution in [0.2, 0.25) is 0 Å². The Morgan fingerprint density at radius 1 is 0.815 bits per heavy atom. The fourth-order valence-corrected chi connectivity index (χ4v) is 6.04. The predicted molar refractivity (Wildman–Crippen MR) is 107 cm³/mol. The van der Waals surface area contributed by atoms with Crippen molar-refractivity contribution in [1.82, 2.24) is 0 Å². The maximum Gasteiger partial charge on any atom is 0.317 e. The lowest BCUT2D eigenvalue weighted by atomic mass is 9.49. The minimum Gasteiger partial charge on any atom is -0.425 e. The maximum atomic E-state index is 13.4. The van der Waals surface area contributed by atoms with E-state index in [2.05, 4.69) is 0 Å². The molecule has 2 aromatic rings. The van der Waals surface area contributed by atoms with Gasteiger partial charge in [0.2, 0.25) is 0 Å². The van der Waals surface area contributed by atoms with Gasteiger partial charge in [-0.05, 0) is 67.9 Å². The third kappa shape index (κ3) is 3.22. The first-order valence-electron chi connectivity index (χ1n) is 10.2. The third-order valence-electron chi connectivity index (χ3n) is 6.83. The molecule has 2 aromatic carbocycles. The van der Waals surface area contributed by atoms with Crippen LogP contribution in [0.15, 0.2) is 60.7 Å². The van der Waals surface area contributed by atoms with E-state index < -0.39 is 0 Å². The monoisotopic (exact) mass is 358 g/mol. The van der Waals surface area contributed by atoms with Crippen LogP contribution in [0.25, 0.3) is 11.8 Å². The summed E-state index contributed by atoms with van der Waals surface area (Å²) < 4.78 is 6.15. The molecule has 0 aliphatic heterocycles. The number of benzene rings is 2. The van der Waals surface area contributed by atoms with Crippen molar-refractivity contribution in [2.75, 3.05) is 0 Å². The van der Waals surface area contributed by atoms with Crippen LogP contribution in [0.5, 0.6) is 0 Å². The molecule has 138 valence electrons. The first-order valence-corrected chi connectivity index (χ1v) is 10.2. The molecule has 0 heterocycles. The van der Waals surface area contributed by atoms with Gasteiger partial charge in [-0.2, -0.15) is 0 Å². The molecule has 4 bridgehead atoms. The van der Waals surface area contributed by atoms with Crippen molar-refractivity contribution in [2.45, 2.75) is 38.5 Å². The van der Waals surface area contributed by atoms with Gasteiger partial charge < -0.3 is 4.74 Å². The largest absolute Gasteiger partial charge is 0.425 e. The molecule has 4 fully saturated rings. The Balaban J connectivity index is 1.45. The van der Waals surface area contributed by atoms with E-state index >= 15 is 0 Å². The summed E-state index contributed by atoms with van der Waals surface area (Å²) in [6.45, 7) is 0. The van der Waals surface area contributed by atoms with E-state index in [9.17, 15) is 4.79 Å². The summed E-state index contributed by atoms with van der Waals surface area (Å²) in [5, 5.41) is 0. The van der Waals surface area contributed by atoms with E-state index in [0.717, 1.165) is 48.1 Å². The summed E-state index contributed by atoms with van der Waals surface area (Å²) in [4.78, 5) is 13.4. The van der Waals surface area contributed by atoms with E-state index in [1.165, 1.54) is 19.3 Å². The van der Waals surface area contributed by atoms with Crippen molar-refractivity contribution >= 4 is 17.8 Å². The summed E-state index contributed by atoms with van der Waals surface area (Å²) >= 11 is 0. The van der Waals surface area contributed by atoms with Gasteiger partial charge in [-0.1, -0.05) is 60.7 Å². The number of ether oxygens (including phenoxy) is 1. The zero-order chi connectivity index (χ0) is 18.3. The molecule has 0 amide bonds. The Bertz CT molecular complexity index is 815. The number of carbonyl (C=O) groups is 1. The zero-order valence-electron chi connectivity index (χ0n) is 15.6. The predicted octanol–water partition coefficient (Wildman–Crippen LogP) is 5.94. The Labute approximate surface area is 161 Å². The molecule has 0 saturated heterocycles. The number of esters is 1. The van der Waals surface area contributed by atoms with Gasteiger partial charge in [0.1, 0.15) is 5.76 Å². The van der Waals surface area contributed by atoms with Crippen LogP contribution < -0.4 is 0 Å². The Kier molecular flexibility index (Phi) is 4.15. The molecule has 0 unspecified atom stereocenters. The lowest BCUT2D eigenvalue weighted by Crippen LogP contribution is -2.50. The van der Waals surface area contributed by atoms with Crippen molar-refractivity contribution in [1.29, 1.82) is 0 Å². The maximum absolute atomic E-state index is 13.4. The molecule has 4 saturated carbocycles. The highest BCUT2D eigenvalue weighted by atomic mass is 16.5. The summed E-state index contributed by atoms with van der Waals surface area (Å²) in [5.41, 5.74) is 1.77. The van der Waals surface area contributed by atoms with Crippen LogP contribution >= 0.6 is 0 Å². The van der Waals surface area contributed by atoms with E-state index in [1.54, 1.807) is 0 Å². The highest BCUT2D eigenvalue weighted by molar-refractivity contribution is 5.88. The molecule has 0 N–H and O–H groups in total. The average Bonchev–Trinajstić information content (AvgIpc) is 2.68. The van der Waals surface area contributed by atoms with Crippen molar-refractivity contribution in [3.8, 4) is 0 Å². The molecule has 27 heavy (non-hydrogen) atoms. The standard InChI is InChI=1S/C25H26O2/c26-24(25-15-19-11-20(16-25)13-21(12-19)17-25)27-23(22-9-5-2-6-10-22)14-18-7-3-1-4-8-18/h1-10,14,19-21H,11-13,15-17H2/b23-14-. The van der Waals surface area contributed by atoms with Crippen molar-refractivity contribution < 1.29 is 9.53 Å². The smallest absolute Gasteiger partial charge is 0.317 e. The molecule has 0 radical (unpaired) electrons. The zero-order valence-corrected chi connectivity index (χ0v) is 15.6. The van der Waals surface area contributed by atoms with Crippen molar-refractivity contribution in [3.63, 3.8) is 0 Å². The molecule has 0 atom stereocenters. The molecule has 4 aliphatic carbocycles. The molecule has 6 rings (SSSR count). The summed E-state index contributed by atoms with van der Waals surface area (Å²) in [6.07, 6.45) is 9.09. The lowest BCUT2D eigenvalue weighted by molar-refractivity contribution is -0.164. The molecule has 2 nitrogen and oxygen atoms in total. The highest BCUT2D eigenvalue weighted by Crippen LogP contribution is 2.60. The average molecular weight is 358 g/mol. The van der Waals surface area contributed by atoms with Crippen molar-refractivity contribution in [3.05, 3.63) is 71.8 Å². The first-order chi connectivity index (χ1) is 13.2. The second kappa shape index (κ2) is 6.67. The molecule has 0 aromatic heterocycles. The second-order valence-corrected chi connectivity index (χ2v) is 8.87. The molecular formula is C25H26O2. The molecular weight excluding hydrogens is 332 g/mol. The molecule has 2 heteroatoms. The van der Waals surface area contributed by atoms with Crippen LogP contribution in [0.3, 0.4) is 0 Å². The number of rotatable bonds is 4. The van der Waals surface area contributed by atoms with Gasteiger partial charge in [0.15, 0.2) is 0 Å².